The van der Waals surface area contributed by atoms with Gasteiger partial charge >= 0.3 is 0 Å². The molecule has 0 aliphatic heterocycles. The molecule has 0 aromatic rings. The Bertz CT molecular complexity index is 165. The van der Waals surface area contributed by atoms with E-state index in [2.05, 4.69) is 36.6 Å². The van der Waals surface area contributed by atoms with Crippen LogP contribution in [-0.2, 0) is 0 Å². The fraction of sp³-hybridized carbons (Fsp3) is 0.714. The number of nitrogens with zero attached hydrogens (tertiary/aromatic N) is 1. The summed E-state index contributed by atoms with van der Waals surface area (Å²) in [5, 5.41) is 4.21. The maximum atomic E-state index is 5.20. The average molecular weight is 173 g/mol. The van der Waals surface area contributed by atoms with Gasteiger partial charge in [-0.1, -0.05) is 13.8 Å². The van der Waals surface area contributed by atoms with Gasteiger partial charge in [0.1, 0.15) is 0 Å². The zero-order chi connectivity index (χ0) is 8.85. The summed E-state index contributed by atoms with van der Waals surface area (Å²) in [6.07, 6.45) is 1.08. The summed E-state index contributed by atoms with van der Waals surface area (Å²) in [6, 6.07) is 0. The van der Waals surface area contributed by atoms with Crippen LogP contribution < -0.4 is 11.2 Å². The van der Waals surface area contributed by atoms with Gasteiger partial charge < -0.3 is 5.73 Å². The van der Waals surface area contributed by atoms with Crippen molar-refractivity contribution in [1.29, 1.82) is 0 Å². The van der Waals surface area contributed by atoms with Gasteiger partial charge in [0.15, 0.2) is 5.11 Å². The van der Waals surface area contributed by atoms with Gasteiger partial charge in [0, 0.05) is 5.71 Å². The molecular weight excluding hydrogens is 158 g/mol. The fourth-order valence-corrected chi connectivity index (χ4v) is 0.595. The number of hydrogen-bond donors (Lipinski definition) is 2. The second-order valence-corrected chi connectivity index (χ2v) is 2.98. The summed E-state index contributed by atoms with van der Waals surface area (Å²) >= 11 is 4.60. The molecule has 11 heavy (non-hydrogen) atoms. The largest absolute Gasteiger partial charge is 0.375 e. The first-order valence-electron chi connectivity index (χ1n) is 3.67. The Morgan fingerprint density at radius 1 is 1.73 bits per heavy atom. The van der Waals surface area contributed by atoms with Gasteiger partial charge in [0.25, 0.3) is 0 Å². The van der Waals surface area contributed by atoms with E-state index in [1.54, 1.807) is 0 Å². The first-order chi connectivity index (χ1) is 5.07. The Labute approximate surface area is 73.0 Å². The van der Waals surface area contributed by atoms with E-state index in [0.717, 1.165) is 12.1 Å². The van der Waals surface area contributed by atoms with Crippen molar-refractivity contribution >= 4 is 23.0 Å². The van der Waals surface area contributed by atoms with E-state index in [9.17, 15) is 0 Å². The number of thiocarbonyl (C=S) groups is 1. The molecule has 0 rings (SSSR count). The van der Waals surface area contributed by atoms with E-state index in [-0.39, 0.29) is 5.11 Å². The Hall–Kier alpha value is -0.640. The first kappa shape index (κ1) is 10.4. The van der Waals surface area contributed by atoms with Crippen molar-refractivity contribution in [1.82, 2.24) is 5.43 Å². The molecule has 0 saturated carbocycles. The minimum Gasteiger partial charge on any atom is -0.375 e. The van der Waals surface area contributed by atoms with Crippen molar-refractivity contribution < 1.29 is 0 Å². The fourth-order valence-electron chi connectivity index (χ4n) is 0.549. The summed E-state index contributed by atoms with van der Waals surface area (Å²) in [7, 11) is 0. The van der Waals surface area contributed by atoms with E-state index in [4.69, 9.17) is 5.73 Å². The van der Waals surface area contributed by atoms with E-state index >= 15 is 0 Å². The average Bonchev–Trinajstić information content (AvgIpc) is 1.98. The highest BCUT2D eigenvalue weighted by Gasteiger charge is 2.01. The third-order valence-electron chi connectivity index (χ3n) is 1.67. The second kappa shape index (κ2) is 5.07. The lowest BCUT2D eigenvalue weighted by atomic mass is 10.1. The third-order valence-corrected chi connectivity index (χ3v) is 1.76. The van der Waals surface area contributed by atoms with Crippen molar-refractivity contribution in [2.45, 2.75) is 27.2 Å². The van der Waals surface area contributed by atoms with Crippen LogP contribution in [0, 0.1) is 5.92 Å². The Morgan fingerprint density at radius 2 is 2.27 bits per heavy atom. The predicted octanol–water partition coefficient (Wildman–Crippen LogP) is 1.24. The lowest BCUT2D eigenvalue weighted by molar-refractivity contribution is 0.727. The maximum absolute atomic E-state index is 5.20. The molecular formula is C7H15N3S. The summed E-state index contributed by atoms with van der Waals surface area (Å²) in [5.74, 6) is 0.483. The maximum Gasteiger partial charge on any atom is 0.184 e. The van der Waals surface area contributed by atoms with Crippen LogP contribution in [0.1, 0.15) is 27.2 Å². The number of hydrazone groups is 1. The van der Waals surface area contributed by atoms with Gasteiger partial charge in [-0.3, -0.25) is 5.43 Å². The smallest absolute Gasteiger partial charge is 0.184 e. The quantitative estimate of drug-likeness (QED) is 0.383. The molecule has 0 radical (unpaired) electrons. The van der Waals surface area contributed by atoms with E-state index < -0.39 is 0 Å². The third kappa shape index (κ3) is 4.72. The minimum atomic E-state index is 0.215. The number of hydrogen-bond acceptors (Lipinski definition) is 2. The molecule has 0 aliphatic rings. The molecule has 3 N–H and O–H groups in total. The van der Waals surface area contributed by atoms with Crippen molar-refractivity contribution in [2.24, 2.45) is 16.8 Å². The molecule has 0 aliphatic carbocycles. The van der Waals surface area contributed by atoms with Crippen LogP contribution in [0.5, 0.6) is 0 Å². The van der Waals surface area contributed by atoms with Gasteiger partial charge in [-0.2, -0.15) is 5.10 Å². The van der Waals surface area contributed by atoms with E-state index in [0.29, 0.717) is 5.92 Å². The molecule has 0 spiro atoms. The summed E-state index contributed by atoms with van der Waals surface area (Å²) in [5.41, 5.74) is 8.78. The van der Waals surface area contributed by atoms with Gasteiger partial charge in [0.05, 0.1) is 0 Å². The van der Waals surface area contributed by atoms with Crippen LogP contribution in [-0.4, -0.2) is 10.8 Å². The molecule has 0 aromatic carbocycles. The molecule has 1 atom stereocenters. The zero-order valence-electron chi connectivity index (χ0n) is 7.22. The van der Waals surface area contributed by atoms with Crippen molar-refractivity contribution in [3.63, 3.8) is 0 Å². The highest BCUT2D eigenvalue weighted by molar-refractivity contribution is 7.80. The topological polar surface area (TPSA) is 50.4 Å². The van der Waals surface area contributed by atoms with Crippen LogP contribution in [0.3, 0.4) is 0 Å². The van der Waals surface area contributed by atoms with Crippen LogP contribution in [0.15, 0.2) is 5.10 Å². The normalized spacial score (nSPS) is 14.3. The summed E-state index contributed by atoms with van der Waals surface area (Å²) in [4.78, 5) is 0. The predicted molar refractivity (Wildman–Crippen MR) is 52.5 cm³/mol. The van der Waals surface area contributed by atoms with Crippen LogP contribution in [0.4, 0.5) is 0 Å². The van der Waals surface area contributed by atoms with Gasteiger partial charge in [-0.15, -0.1) is 0 Å². The molecule has 0 bridgehead atoms. The Morgan fingerprint density at radius 3 is 2.64 bits per heavy atom. The number of nitrogens with one attached hydrogen (secondary N) is 1. The van der Waals surface area contributed by atoms with Crippen molar-refractivity contribution in [3.8, 4) is 0 Å². The Balaban J connectivity index is 3.89. The highest BCUT2D eigenvalue weighted by atomic mass is 32.1. The molecule has 64 valence electrons. The van der Waals surface area contributed by atoms with Crippen molar-refractivity contribution in [3.05, 3.63) is 0 Å². The molecule has 0 amide bonds. The molecule has 0 saturated heterocycles. The summed E-state index contributed by atoms with van der Waals surface area (Å²) in [6.45, 7) is 6.18. The lowest BCUT2D eigenvalue weighted by Gasteiger charge is -2.07. The van der Waals surface area contributed by atoms with Crippen LogP contribution >= 0.6 is 12.2 Å². The highest BCUT2D eigenvalue weighted by Crippen LogP contribution is 2.01. The molecule has 0 unspecified atom stereocenters. The van der Waals surface area contributed by atoms with Gasteiger partial charge in [-0.25, -0.2) is 0 Å². The lowest BCUT2D eigenvalue weighted by Crippen LogP contribution is -2.26. The standard InChI is InChI=1S/C7H15N3S/c1-4-5(2)6(3)9-10-7(8)11/h5H,4H2,1-3H3,(H3,8,10,11)/b9-6-/t5-/m0/s1. The van der Waals surface area contributed by atoms with E-state index in [1.165, 1.54) is 0 Å². The van der Waals surface area contributed by atoms with Gasteiger partial charge in [0.2, 0.25) is 0 Å². The van der Waals surface area contributed by atoms with Crippen LogP contribution in [0.2, 0.25) is 0 Å². The monoisotopic (exact) mass is 173 g/mol. The molecule has 4 heteroatoms. The summed E-state index contributed by atoms with van der Waals surface area (Å²) < 4.78 is 0. The zero-order valence-corrected chi connectivity index (χ0v) is 8.03. The first-order valence-corrected chi connectivity index (χ1v) is 4.08. The molecule has 3 nitrogen and oxygen atoms in total. The van der Waals surface area contributed by atoms with Gasteiger partial charge in [-0.05, 0) is 31.5 Å². The number of rotatable bonds is 3. The molecule has 0 fully saturated rings. The van der Waals surface area contributed by atoms with E-state index in [1.807, 2.05) is 6.92 Å². The van der Waals surface area contributed by atoms with Crippen LogP contribution in [0.25, 0.3) is 0 Å². The SMILES string of the molecule is CC[C@H](C)/C(C)=N\NC(N)=S. The van der Waals surface area contributed by atoms with Crippen molar-refractivity contribution in [2.75, 3.05) is 0 Å². The minimum absolute atomic E-state index is 0.215. The molecule has 0 aromatic heterocycles. The second-order valence-electron chi connectivity index (χ2n) is 2.54. The number of nitrogens with two attached hydrogens (primary N) is 1. The molecule has 0 heterocycles. The Kier molecular flexibility index (Phi) is 4.77.